The van der Waals surface area contributed by atoms with Gasteiger partial charge in [0.15, 0.2) is 0 Å². The number of anilines is 1. The van der Waals surface area contributed by atoms with Crippen LogP contribution in [-0.4, -0.2) is 33.7 Å². The van der Waals surface area contributed by atoms with E-state index in [9.17, 15) is 9.59 Å². The van der Waals surface area contributed by atoms with Crippen molar-refractivity contribution in [2.24, 2.45) is 7.05 Å². The highest BCUT2D eigenvalue weighted by Crippen LogP contribution is 2.25. The van der Waals surface area contributed by atoms with Crippen LogP contribution in [-0.2, 0) is 16.6 Å². The number of hydrogen-bond acceptors (Lipinski definition) is 3. The third-order valence-electron chi connectivity index (χ3n) is 3.42. The van der Waals surface area contributed by atoms with E-state index in [1.807, 2.05) is 13.8 Å². The molecule has 6 nitrogen and oxygen atoms in total. The van der Waals surface area contributed by atoms with Crippen molar-refractivity contribution in [2.45, 2.75) is 32.7 Å². The van der Waals surface area contributed by atoms with E-state index in [4.69, 9.17) is 0 Å². The van der Waals surface area contributed by atoms with Gasteiger partial charge in [-0.2, -0.15) is 5.10 Å². The normalized spacial score (nSPS) is 24.3. The maximum atomic E-state index is 12.5. The number of aryl methyl sites for hydroxylation is 2. The second-order valence-corrected chi connectivity index (χ2v) is 4.90. The Morgan fingerprint density at radius 1 is 1.50 bits per heavy atom. The topological polar surface area (TPSA) is 67.2 Å². The fourth-order valence-electron chi connectivity index (χ4n) is 2.20. The number of amides is 2. The minimum absolute atomic E-state index is 0.0565. The first-order valence-corrected chi connectivity index (χ1v) is 6.00. The maximum Gasteiger partial charge on any atom is 0.253 e. The first-order chi connectivity index (χ1) is 8.37. The molecule has 1 aromatic heterocycles. The second-order valence-electron chi connectivity index (χ2n) is 4.90. The molecule has 1 fully saturated rings. The Morgan fingerprint density at radius 2 is 2.17 bits per heavy atom. The monoisotopic (exact) mass is 250 g/mol. The predicted octanol–water partition coefficient (Wildman–Crippen LogP) is 0.360. The molecule has 0 saturated carbocycles. The number of nitrogens with zero attached hydrogens (tertiary/aromatic N) is 3. The van der Waals surface area contributed by atoms with Crippen molar-refractivity contribution in [3.05, 3.63) is 11.9 Å². The van der Waals surface area contributed by atoms with Crippen molar-refractivity contribution in [2.75, 3.05) is 11.4 Å². The van der Waals surface area contributed by atoms with Crippen LogP contribution in [0.1, 0.15) is 26.0 Å². The van der Waals surface area contributed by atoms with Crippen LogP contribution in [0.3, 0.4) is 0 Å². The van der Waals surface area contributed by atoms with Crippen LogP contribution < -0.4 is 10.2 Å². The van der Waals surface area contributed by atoms with Crippen LogP contribution in [0.15, 0.2) is 6.20 Å². The van der Waals surface area contributed by atoms with E-state index in [0.717, 1.165) is 5.69 Å². The Labute approximate surface area is 106 Å². The van der Waals surface area contributed by atoms with Gasteiger partial charge >= 0.3 is 0 Å². The largest absolute Gasteiger partial charge is 0.340 e. The molecule has 1 saturated heterocycles. The predicted molar refractivity (Wildman–Crippen MR) is 67.1 cm³/mol. The van der Waals surface area contributed by atoms with E-state index in [-0.39, 0.29) is 18.4 Å². The maximum absolute atomic E-state index is 12.5. The molecule has 1 unspecified atom stereocenters. The van der Waals surface area contributed by atoms with E-state index in [1.165, 1.54) is 4.90 Å². The van der Waals surface area contributed by atoms with Gasteiger partial charge in [-0.3, -0.25) is 19.2 Å². The van der Waals surface area contributed by atoms with Gasteiger partial charge in [0.25, 0.3) is 5.91 Å². The number of aromatic nitrogens is 2. The highest BCUT2D eigenvalue weighted by atomic mass is 16.2. The summed E-state index contributed by atoms with van der Waals surface area (Å²) in [5.74, 6) is -0.220. The molecule has 98 valence electrons. The molecule has 18 heavy (non-hydrogen) atoms. The van der Waals surface area contributed by atoms with Crippen LogP contribution in [0.5, 0.6) is 0 Å². The van der Waals surface area contributed by atoms with Gasteiger partial charge in [0, 0.05) is 13.2 Å². The molecule has 0 aliphatic carbocycles. The zero-order valence-corrected chi connectivity index (χ0v) is 11.1. The highest BCUT2D eigenvalue weighted by Gasteiger charge is 2.42. The van der Waals surface area contributed by atoms with E-state index >= 15 is 0 Å². The van der Waals surface area contributed by atoms with Crippen molar-refractivity contribution >= 4 is 17.5 Å². The van der Waals surface area contributed by atoms with E-state index in [1.54, 1.807) is 24.9 Å². The van der Waals surface area contributed by atoms with Crippen molar-refractivity contribution in [1.29, 1.82) is 0 Å². The first-order valence-electron chi connectivity index (χ1n) is 6.00. The summed E-state index contributed by atoms with van der Waals surface area (Å²) in [5, 5.41) is 6.97. The lowest BCUT2D eigenvalue weighted by Crippen LogP contribution is -2.65. The number of carbonyl (C=O) groups is 2. The standard InChI is InChI=1S/C12H18N4O2/c1-5-12(3)11(18)16(7-10(17)13-12)9-6-15(4)14-8(9)2/h6H,5,7H2,1-4H3,(H,13,17). The Morgan fingerprint density at radius 3 is 2.67 bits per heavy atom. The molecule has 1 atom stereocenters. The molecular formula is C12H18N4O2. The van der Waals surface area contributed by atoms with Gasteiger partial charge in [0.05, 0.1) is 11.4 Å². The molecule has 2 rings (SSSR count). The molecule has 0 bridgehead atoms. The lowest BCUT2D eigenvalue weighted by molar-refractivity contribution is -0.135. The van der Waals surface area contributed by atoms with E-state index < -0.39 is 5.54 Å². The Balaban J connectivity index is 2.41. The Hall–Kier alpha value is -1.85. The molecule has 1 aliphatic rings. The van der Waals surface area contributed by atoms with Crippen LogP contribution in [0, 0.1) is 6.92 Å². The minimum Gasteiger partial charge on any atom is -0.340 e. The third kappa shape index (κ3) is 1.87. The minimum atomic E-state index is -0.822. The molecule has 6 heteroatoms. The van der Waals surface area contributed by atoms with Gasteiger partial charge in [-0.25, -0.2) is 0 Å². The van der Waals surface area contributed by atoms with Gasteiger partial charge in [0.2, 0.25) is 5.91 Å². The molecule has 1 N–H and O–H groups in total. The molecule has 1 aromatic rings. The second kappa shape index (κ2) is 4.12. The number of rotatable bonds is 2. The van der Waals surface area contributed by atoms with Gasteiger partial charge in [-0.1, -0.05) is 6.92 Å². The summed E-state index contributed by atoms with van der Waals surface area (Å²) in [5.41, 5.74) is 0.633. The molecule has 0 aromatic carbocycles. The van der Waals surface area contributed by atoms with Crippen molar-refractivity contribution < 1.29 is 9.59 Å². The Kier molecular flexibility index (Phi) is 2.88. The van der Waals surface area contributed by atoms with Crippen molar-refractivity contribution in [3.63, 3.8) is 0 Å². The van der Waals surface area contributed by atoms with Crippen LogP contribution >= 0.6 is 0 Å². The average Bonchev–Trinajstić information content (AvgIpc) is 2.63. The quantitative estimate of drug-likeness (QED) is 0.824. The van der Waals surface area contributed by atoms with Crippen LogP contribution in [0.25, 0.3) is 0 Å². The summed E-state index contributed by atoms with van der Waals surface area (Å²) < 4.78 is 1.65. The van der Waals surface area contributed by atoms with Crippen LogP contribution in [0.2, 0.25) is 0 Å². The summed E-state index contributed by atoms with van der Waals surface area (Å²) in [6.07, 6.45) is 2.33. The van der Waals surface area contributed by atoms with Crippen molar-refractivity contribution in [3.8, 4) is 0 Å². The van der Waals surface area contributed by atoms with E-state index in [2.05, 4.69) is 10.4 Å². The van der Waals surface area contributed by atoms with Gasteiger partial charge in [-0.15, -0.1) is 0 Å². The summed E-state index contributed by atoms with van der Waals surface area (Å²) in [7, 11) is 1.80. The Bertz CT molecular complexity index is 508. The van der Waals surface area contributed by atoms with E-state index in [0.29, 0.717) is 12.1 Å². The van der Waals surface area contributed by atoms with Gasteiger partial charge in [-0.05, 0) is 20.3 Å². The zero-order valence-electron chi connectivity index (χ0n) is 11.1. The molecule has 0 radical (unpaired) electrons. The summed E-state index contributed by atoms with van der Waals surface area (Å²) in [6, 6.07) is 0. The third-order valence-corrected chi connectivity index (χ3v) is 3.42. The summed E-state index contributed by atoms with van der Waals surface area (Å²) in [6.45, 7) is 5.53. The number of hydrogen-bond donors (Lipinski definition) is 1. The van der Waals surface area contributed by atoms with Crippen molar-refractivity contribution in [1.82, 2.24) is 15.1 Å². The van der Waals surface area contributed by atoms with Gasteiger partial charge < -0.3 is 5.32 Å². The van der Waals surface area contributed by atoms with Crippen LogP contribution in [0.4, 0.5) is 5.69 Å². The van der Waals surface area contributed by atoms with Gasteiger partial charge in [0.1, 0.15) is 12.1 Å². The molecular weight excluding hydrogens is 232 g/mol. The molecule has 2 amide bonds. The summed E-state index contributed by atoms with van der Waals surface area (Å²) >= 11 is 0. The molecule has 2 heterocycles. The summed E-state index contributed by atoms with van der Waals surface area (Å²) in [4.78, 5) is 25.7. The number of nitrogens with one attached hydrogen (secondary N) is 1. The molecule has 0 spiro atoms. The number of carbonyl (C=O) groups excluding carboxylic acids is 2. The lowest BCUT2D eigenvalue weighted by Gasteiger charge is -2.38. The number of piperazine rings is 1. The zero-order chi connectivity index (χ0) is 13.5. The SMILES string of the molecule is CCC1(C)NC(=O)CN(c2cn(C)nc2C)C1=O. The first kappa shape index (κ1) is 12.6. The lowest BCUT2D eigenvalue weighted by atomic mass is 9.94. The fraction of sp³-hybridized carbons (Fsp3) is 0.583. The highest BCUT2D eigenvalue weighted by molar-refractivity contribution is 6.09. The smallest absolute Gasteiger partial charge is 0.253 e. The fourth-order valence-corrected chi connectivity index (χ4v) is 2.20. The molecule has 1 aliphatic heterocycles. The average molecular weight is 250 g/mol.